The van der Waals surface area contributed by atoms with E-state index in [2.05, 4.69) is 53.5 Å². The average Bonchev–Trinajstić information content (AvgIpc) is 2.97. The Kier molecular flexibility index (Phi) is 6.23. The molecule has 2 aromatic rings. The van der Waals surface area contributed by atoms with Gasteiger partial charge in [0.05, 0.1) is 5.41 Å². The fourth-order valence-electron chi connectivity index (χ4n) is 4.66. The van der Waals surface area contributed by atoms with Gasteiger partial charge in [0.2, 0.25) is 5.91 Å². The molecule has 0 radical (unpaired) electrons. The highest BCUT2D eigenvalue weighted by Gasteiger charge is 2.44. The number of amides is 1. The van der Waals surface area contributed by atoms with Crippen LogP contribution < -0.4 is 5.32 Å². The predicted octanol–water partition coefficient (Wildman–Crippen LogP) is 4.94. The second-order valence-corrected chi connectivity index (χ2v) is 7.69. The zero-order valence-electron chi connectivity index (χ0n) is 16.0. The second-order valence-electron chi connectivity index (χ2n) is 7.69. The number of hydrogen-bond acceptors (Lipinski definition) is 2. The largest absolute Gasteiger partial charge is 0.325 e. The highest BCUT2D eigenvalue weighted by Crippen LogP contribution is 2.43. The molecule has 0 aliphatic carbocycles. The van der Waals surface area contributed by atoms with E-state index in [-0.39, 0.29) is 23.7 Å². The van der Waals surface area contributed by atoms with E-state index in [1.807, 2.05) is 12.1 Å². The van der Waals surface area contributed by atoms with Gasteiger partial charge in [-0.05, 0) is 55.0 Å². The number of fused-ring (bicyclic) bond motifs is 2. The lowest BCUT2D eigenvalue weighted by Gasteiger charge is -2.30. The van der Waals surface area contributed by atoms with Gasteiger partial charge >= 0.3 is 0 Å². The van der Waals surface area contributed by atoms with Crippen molar-refractivity contribution in [3.8, 4) is 0 Å². The second kappa shape index (κ2) is 8.45. The van der Waals surface area contributed by atoms with Crippen molar-refractivity contribution in [3.63, 3.8) is 0 Å². The van der Waals surface area contributed by atoms with Gasteiger partial charge in [0.1, 0.15) is 0 Å². The van der Waals surface area contributed by atoms with Crippen LogP contribution in [0.25, 0.3) is 0 Å². The number of rotatable bonds is 6. The van der Waals surface area contributed by atoms with E-state index in [1.54, 1.807) is 0 Å². The minimum Gasteiger partial charge on any atom is -0.325 e. The number of nitrogens with zero attached hydrogens (tertiary/aromatic N) is 1. The molecule has 144 valence electrons. The zero-order valence-corrected chi connectivity index (χ0v) is 16.9. The molecule has 0 bridgehead atoms. The Morgan fingerprint density at radius 1 is 1.04 bits per heavy atom. The molecule has 4 rings (SSSR count). The van der Waals surface area contributed by atoms with E-state index >= 15 is 0 Å². The summed E-state index contributed by atoms with van der Waals surface area (Å²) in [5.74, 6) is 0.188. The lowest BCUT2D eigenvalue weighted by Crippen LogP contribution is -2.34. The summed E-state index contributed by atoms with van der Waals surface area (Å²) in [6.45, 7) is 5.48. The van der Waals surface area contributed by atoms with Gasteiger partial charge in [-0.2, -0.15) is 0 Å². The van der Waals surface area contributed by atoms with Gasteiger partial charge in [-0.25, -0.2) is 0 Å². The number of para-hydroxylation sites is 1. The SMILES string of the molecule is CCC1(CCCCN2CCc3ccccc3C2)C(=O)Nc2ccccc21.Cl. The molecule has 27 heavy (non-hydrogen) atoms. The molecule has 2 aliphatic heterocycles. The van der Waals surface area contributed by atoms with E-state index in [1.165, 1.54) is 16.7 Å². The first-order valence-electron chi connectivity index (χ1n) is 9.93. The normalized spacial score (nSPS) is 21.1. The van der Waals surface area contributed by atoms with Crippen molar-refractivity contribution in [2.24, 2.45) is 0 Å². The van der Waals surface area contributed by atoms with Gasteiger partial charge in [0, 0.05) is 18.8 Å². The number of nitrogens with one attached hydrogen (secondary N) is 1. The lowest BCUT2D eigenvalue weighted by atomic mass is 9.75. The maximum absolute atomic E-state index is 12.7. The van der Waals surface area contributed by atoms with Crippen molar-refractivity contribution >= 4 is 24.0 Å². The molecule has 2 aromatic carbocycles. The summed E-state index contributed by atoms with van der Waals surface area (Å²) in [6.07, 6.45) is 5.21. The number of hydrogen-bond donors (Lipinski definition) is 1. The predicted molar refractivity (Wildman–Crippen MR) is 114 cm³/mol. The highest BCUT2D eigenvalue weighted by molar-refractivity contribution is 6.06. The average molecular weight is 385 g/mol. The van der Waals surface area contributed by atoms with Crippen LogP contribution in [0, 0.1) is 0 Å². The maximum Gasteiger partial charge on any atom is 0.235 e. The van der Waals surface area contributed by atoms with Crippen molar-refractivity contribution in [2.75, 3.05) is 18.4 Å². The first-order chi connectivity index (χ1) is 12.7. The molecule has 4 heteroatoms. The molecule has 0 spiro atoms. The van der Waals surface area contributed by atoms with Gasteiger partial charge in [0.25, 0.3) is 0 Å². The van der Waals surface area contributed by atoms with Crippen molar-refractivity contribution in [1.29, 1.82) is 0 Å². The third-order valence-corrected chi connectivity index (χ3v) is 6.27. The molecule has 0 aromatic heterocycles. The Balaban J connectivity index is 0.00000210. The van der Waals surface area contributed by atoms with Crippen LogP contribution >= 0.6 is 12.4 Å². The van der Waals surface area contributed by atoms with Gasteiger partial charge < -0.3 is 5.32 Å². The summed E-state index contributed by atoms with van der Waals surface area (Å²) >= 11 is 0. The van der Waals surface area contributed by atoms with Crippen molar-refractivity contribution in [1.82, 2.24) is 4.90 Å². The number of anilines is 1. The minimum atomic E-state index is -0.328. The summed E-state index contributed by atoms with van der Waals surface area (Å²) in [5.41, 5.74) is 4.86. The number of carbonyl (C=O) groups excluding carboxylic acids is 1. The van der Waals surface area contributed by atoms with E-state index < -0.39 is 0 Å². The van der Waals surface area contributed by atoms with Gasteiger partial charge in [0.15, 0.2) is 0 Å². The van der Waals surface area contributed by atoms with Crippen LogP contribution in [-0.2, 0) is 23.2 Å². The Morgan fingerprint density at radius 2 is 1.78 bits per heavy atom. The molecule has 0 fully saturated rings. The summed E-state index contributed by atoms with van der Waals surface area (Å²) in [5, 5.41) is 3.09. The quantitative estimate of drug-likeness (QED) is 0.715. The molecule has 1 unspecified atom stereocenters. The number of unbranched alkanes of at least 4 members (excludes halogenated alkanes) is 1. The first kappa shape index (κ1) is 19.9. The van der Waals surface area contributed by atoms with Crippen LogP contribution in [0.1, 0.15) is 49.3 Å². The van der Waals surface area contributed by atoms with E-state index in [0.29, 0.717) is 0 Å². The molecule has 0 saturated carbocycles. The Hall–Kier alpha value is -1.84. The van der Waals surface area contributed by atoms with E-state index in [4.69, 9.17) is 0 Å². The molecular formula is C23H29ClN2O. The third kappa shape index (κ3) is 3.76. The van der Waals surface area contributed by atoms with Gasteiger partial charge in [-0.15, -0.1) is 12.4 Å². The minimum absolute atomic E-state index is 0. The molecule has 2 heterocycles. The fourth-order valence-corrected chi connectivity index (χ4v) is 4.66. The van der Waals surface area contributed by atoms with Crippen LogP contribution in [0.3, 0.4) is 0 Å². The standard InChI is InChI=1S/C23H28N2O.ClH/c1-2-23(20-11-5-6-12-21(20)24-22(23)26)14-7-8-15-25-16-13-18-9-3-4-10-19(18)17-25;/h3-6,9-12H,2,7-8,13-17H2,1H3,(H,24,26);1H. The number of carbonyl (C=O) groups is 1. The van der Waals surface area contributed by atoms with Crippen molar-refractivity contribution in [3.05, 3.63) is 65.2 Å². The van der Waals surface area contributed by atoms with Crippen LogP contribution in [0.5, 0.6) is 0 Å². The van der Waals surface area contributed by atoms with E-state index in [9.17, 15) is 4.79 Å². The van der Waals surface area contributed by atoms with E-state index in [0.717, 1.165) is 57.4 Å². The molecule has 1 atom stereocenters. The van der Waals surface area contributed by atoms with Crippen molar-refractivity contribution < 1.29 is 4.79 Å². The van der Waals surface area contributed by atoms with Gasteiger partial charge in [-0.3, -0.25) is 9.69 Å². The smallest absolute Gasteiger partial charge is 0.235 e. The number of halogens is 1. The molecular weight excluding hydrogens is 356 g/mol. The van der Waals surface area contributed by atoms with Crippen LogP contribution in [0.4, 0.5) is 5.69 Å². The number of benzene rings is 2. The first-order valence-corrected chi connectivity index (χ1v) is 9.93. The Morgan fingerprint density at radius 3 is 2.59 bits per heavy atom. The monoisotopic (exact) mass is 384 g/mol. The zero-order chi connectivity index (χ0) is 18.0. The third-order valence-electron chi connectivity index (χ3n) is 6.27. The fraction of sp³-hybridized carbons (Fsp3) is 0.435. The molecule has 2 aliphatic rings. The molecule has 1 amide bonds. The lowest BCUT2D eigenvalue weighted by molar-refractivity contribution is -0.121. The molecule has 0 saturated heterocycles. The summed E-state index contributed by atoms with van der Waals surface area (Å²) in [7, 11) is 0. The molecule has 1 N–H and O–H groups in total. The van der Waals surface area contributed by atoms with Crippen LogP contribution in [0.2, 0.25) is 0 Å². The van der Waals surface area contributed by atoms with Crippen LogP contribution in [0.15, 0.2) is 48.5 Å². The summed E-state index contributed by atoms with van der Waals surface area (Å²) in [4.78, 5) is 15.3. The van der Waals surface area contributed by atoms with Crippen LogP contribution in [-0.4, -0.2) is 23.9 Å². The highest BCUT2D eigenvalue weighted by atomic mass is 35.5. The topological polar surface area (TPSA) is 32.3 Å². The summed E-state index contributed by atoms with van der Waals surface area (Å²) in [6, 6.07) is 17.0. The molecule has 3 nitrogen and oxygen atoms in total. The Labute approximate surface area is 168 Å². The van der Waals surface area contributed by atoms with Gasteiger partial charge in [-0.1, -0.05) is 55.8 Å². The Bertz CT molecular complexity index is 806. The summed E-state index contributed by atoms with van der Waals surface area (Å²) < 4.78 is 0. The van der Waals surface area contributed by atoms with Crippen molar-refractivity contribution in [2.45, 2.75) is 51.0 Å². The maximum atomic E-state index is 12.7.